The minimum atomic E-state index is -3.69. The maximum Gasteiger partial charge on any atom is 0.338 e. The van der Waals surface area contributed by atoms with Crippen LogP contribution in [0.1, 0.15) is 48.0 Å². The van der Waals surface area contributed by atoms with Crippen LogP contribution in [-0.4, -0.2) is 49.2 Å². The van der Waals surface area contributed by atoms with Crippen LogP contribution in [0.15, 0.2) is 47.4 Å². The molecule has 1 saturated carbocycles. The Morgan fingerprint density at radius 3 is 2.38 bits per heavy atom. The molecule has 3 rings (SSSR count). The average molecular weight is 490 g/mol. The number of carbonyl (C=O) groups is 2. The van der Waals surface area contributed by atoms with E-state index in [4.69, 9.17) is 4.74 Å². The van der Waals surface area contributed by atoms with Crippen LogP contribution >= 0.6 is 0 Å². The second-order valence-corrected chi connectivity index (χ2v) is 10.2. The van der Waals surface area contributed by atoms with Crippen molar-refractivity contribution in [3.05, 3.63) is 63.7 Å². The zero-order chi connectivity index (χ0) is 24.9. The molecule has 2 aromatic rings. The van der Waals surface area contributed by atoms with E-state index in [1.807, 2.05) is 0 Å². The van der Waals surface area contributed by atoms with Gasteiger partial charge in [-0.25, -0.2) is 13.2 Å². The summed E-state index contributed by atoms with van der Waals surface area (Å²) in [5, 5.41) is 13.6. The van der Waals surface area contributed by atoms with E-state index in [-0.39, 0.29) is 27.9 Å². The van der Waals surface area contributed by atoms with Crippen molar-refractivity contribution in [3.63, 3.8) is 0 Å². The Balaban J connectivity index is 1.61. The number of nitro benzene ring substituents is 1. The van der Waals surface area contributed by atoms with Gasteiger partial charge in [-0.3, -0.25) is 14.9 Å². The number of rotatable bonds is 8. The van der Waals surface area contributed by atoms with Gasteiger partial charge >= 0.3 is 5.97 Å². The van der Waals surface area contributed by atoms with E-state index in [2.05, 4.69) is 5.32 Å². The molecule has 0 bridgehead atoms. The van der Waals surface area contributed by atoms with E-state index in [1.54, 1.807) is 20.0 Å². The number of nitrogens with one attached hydrogen (secondary N) is 1. The molecule has 0 spiro atoms. The highest BCUT2D eigenvalue weighted by Gasteiger charge is 2.29. The Morgan fingerprint density at radius 2 is 1.76 bits per heavy atom. The third kappa shape index (κ3) is 5.78. The molecule has 0 aromatic heterocycles. The summed E-state index contributed by atoms with van der Waals surface area (Å²) in [6, 6.07) is 9.66. The van der Waals surface area contributed by atoms with Gasteiger partial charge in [0.1, 0.15) is 5.69 Å². The van der Waals surface area contributed by atoms with Gasteiger partial charge in [0, 0.05) is 19.2 Å². The fourth-order valence-corrected chi connectivity index (χ4v) is 5.34. The van der Waals surface area contributed by atoms with Gasteiger partial charge in [0.25, 0.3) is 11.6 Å². The summed E-state index contributed by atoms with van der Waals surface area (Å²) in [6.45, 7) is 0.949. The van der Waals surface area contributed by atoms with E-state index < -0.39 is 33.4 Å². The first-order valence-corrected chi connectivity index (χ1v) is 12.3. The first-order chi connectivity index (χ1) is 16.1. The first kappa shape index (κ1) is 25.3. The molecule has 1 N–H and O–H groups in total. The third-order valence-electron chi connectivity index (χ3n) is 5.90. The molecule has 11 heteroatoms. The van der Waals surface area contributed by atoms with Crippen LogP contribution in [0.2, 0.25) is 0 Å². The summed E-state index contributed by atoms with van der Waals surface area (Å²) < 4.78 is 32.2. The molecule has 0 atom stereocenters. The second-order valence-electron chi connectivity index (χ2n) is 8.19. The Labute approximate surface area is 198 Å². The third-order valence-corrected chi connectivity index (χ3v) is 7.83. The summed E-state index contributed by atoms with van der Waals surface area (Å²) in [4.78, 5) is 35.1. The van der Waals surface area contributed by atoms with Crippen LogP contribution in [-0.2, 0) is 19.6 Å². The fraction of sp³-hybridized carbons (Fsp3) is 0.391. The van der Waals surface area contributed by atoms with Gasteiger partial charge in [0.15, 0.2) is 6.61 Å². The van der Waals surface area contributed by atoms with Gasteiger partial charge in [-0.1, -0.05) is 31.4 Å². The van der Waals surface area contributed by atoms with Gasteiger partial charge in [-0.05, 0) is 49.6 Å². The van der Waals surface area contributed by atoms with Crippen molar-refractivity contribution in [2.45, 2.75) is 50.0 Å². The highest BCUT2D eigenvalue weighted by molar-refractivity contribution is 7.89. The minimum absolute atomic E-state index is 0.0326. The number of carbonyl (C=O) groups excluding carboxylic acids is 2. The smallest absolute Gasteiger partial charge is 0.338 e. The number of ether oxygens (including phenoxy) is 1. The number of hydrogen-bond acceptors (Lipinski definition) is 7. The number of hydrogen-bond donors (Lipinski definition) is 1. The van der Waals surface area contributed by atoms with Crippen LogP contribution in [0.25, 0.3) is 0 Å². The Kier molecular flexibility index (Phi) is 8.00. The molecular weight excluding hydrogens is 462 g/mol. The Hall–Kier alpha value is -3.31. The summed E-state index contributed by atoms with van der Waals surface area (Å²) in [7, 11) is -2.12. The number of sulfonamides is 1. The average Bonchev–Trinajstić information content (AvgIpc) is 2.83. The summed E-state index contributed by atoms with van der Waals surface area (Å²) >= 11 is 0. The standard InChI is InChI=1S/C23H27N3O7S/c1-16-7-6-10-20(26(29)30)22(16)24-21(27)15-33-23(28)17-11-13-19(14-12-17)34(31,32)25(2)18-8-4-3-5-9-18/h6-7,10-14,18H,3-5,8-9,15H2,1-2H3,(H,24,27). The van der Waals surface area contributed by atoms with Crippen molar-refractivity contribution in [3.8, 4) is 0 Å². The number of nitrogens with zero attached hydrogens (tertiary/aromatic N) is 2. The van der Waals surface area contributed by atoms with Gasteiger partial charge in [-0.15, -0.1) is 0 Å². The van der Waals surface area contributed by atoms with E-state index in [1.165, 1.54) is 40.7 Å². The normalized spacial score (nSPS) is 14.6. The lowest BCUT2D eigenvalue weighted by atomic mass is 9.96. The number of nitro groups is 1. The molecule has 0 saturated heterocycles. The zero-order valence-electron chi connectivity index (χ0n) is 19.0. The number of para-hydroxylation sites is 1. The lowest BCUT2D eigenvalue weighted by Gasteiger charge is -2.30. The van der Waals surface area contributed by atoms with Gasteiger partial charge in [0.2, 0.25) is 10.0 Å². The highest BCUT2D eigenvalue weighted by Crippen LogP contribution is 2.28. The molecule has 1 fully saturated rings. The zero-order valence-corrected chi connectivity index (χ0v) is 19.8. The molecule has 0 unspecified atom stereocenters. The van der Waals surface area contributed by atoms with Crippen LogP contribution in [0, 0.1) is 17.0 Å². The maximum atomic E-state index is 12.9. The SMILES string of the molecule is Cc1cccc([N+](=O)[O-])c1NC(=O)COC(=O)c1ccc(S(=O)(=O)N(C)C2CCCCC2)cc1. The van der Waals surface area contributed by atoms with Gasteiger partial charge in [-0.2, -0.15) is 4.31 Å². The summed E-state index contributed by atoms with van der Waals surface area (Å²) in [5.74, 6) is -1.56. The molecule has 0 aliphatic heterocycles. The number of amides is 1. The van der Waals surface area contributed by atoms with Crippen LogP contribution in [0.5, 0.6) is 0 Å². The lowest BCUT2D eigenvalue weighted by molar-refractivity contribution is -0.384. The van der Waals surface area contributed by atoms with Crippen molar-refractivity contribution in [2.75, 3.05) is 19.0 Å². The summed E-state index contributed by atoms with van der Waals surface area (Å²) in [5.41, 5.74) is 0.331. The lowest BCUT2D eigenvalue weighted by Crippen LogP contribution is -2.38. The largest absolute Gasteiger partial charge is 0.452 e. The van der Waals surface area contributed by atoms with Crippen LogP contribution in [0.4, 0.5) is 11.4 Å². The molecule has 1 amide bonds. The van der Waals surface area contributed by atoms with Gasteiger partial charge in [0.05, 0.1) is 15.4 Å². The predicted octanol–water partition coefficient (Wildman–Crippen LogP) is 3.65. The molecule has 34 heavy (non-hydrogen) atoms. The topological polar surface area (TPSA) is 136 Å². The van der Waals surface area contributed by atoms with E-state index in [0.29, 0.717) is 5.56 Å². The van der Waals surface area contributed by atoms with Crippen molar-refractivity contribution >= 4 is 33.3 Å². The van der Waals surface area contributed by atoms with Crippen molar-refractivity contribution < 1.29 is 27.7 Å². The van der Waals surface area contributed by atoms with Crippen LogP contribution in [0.3, 0.4) is 0 Å². The predicted molar refractivity (Wildman–Crippen MR) is 125 cm³/mol. The molecule has 2 aromatic carbocycles. The molecule has 182 valence electrons. The van der Waals surface area contributed by atoms with Crippen molar-refractivity contribution in [1.29, 1.82) is 0 Å². The number of anilines is 1. The first-order valence-electron chi connectivity index (χ1n) is 10.9. The van der Waals surface area contributed by atoms with E-state index in [9.17, 15) is 28.1 Å². The summed E-state index contributed by atoms with van der Waals surface area (Å²) in [6.07, 6.45) is 4.77. The quantitative estimate of drug-likeness (QED) is 0.339. The van der Waals surface area contributed by atoms with Crippen LogP contribution < -0.4 is 5.32 Å². The number of benzene rings is 2. The molecule has 10 nitrogen and oxygen atoms in total. The van der Waals surface area contributed by atoms with E-state index >= 15 is 0 Å². The molecule has 1 aliphatic carbocycles. The van der Waals surface area contributed by atoms with Crippen molar-refractivity contribution in [2.24, 2.45) is 0 Å². The minimum Gasteiger partial charge on any atom is -0.452 e. The second kappa shape index (κ2) is 10.7. The van der Waals surface area contributed by atoms with Crippen molar-refractivity contribution in [1.82, 2.24) is 4.31 Å². The molecule has 0 radical (unpaired) electrons. The molecule has 0 heterocycles. The van der Waals surface area contributed by atoms with E-state index in [0.717, 1.165) is 32.1 Å². The Bertz CT molecular complexity index is 1170. The monoisotopic (exact) mass is 489 g/mol. The maximum absolute atomic E-state index is 12.9. The number of esters is 1. The molecular formula is C23H27N3O7S. The fourth-order valence-electron chi connectivity index (χ4n) is 3.93. The number of aryl methyl sites for hydroxylation is 1. The van der Waals surface area contributed by atoms with Gasteiger partial charge < -0.3 is 10.1 Å². The highest BCUT2D eigenvalue weighted by atomic mass is 32.2. The Morgan fingerprint density at radius 1 is 1.12 bits per heavy atom. The molecule has 1 aliphatic rings.